The lowest BCUT2D eigenvalue weighted by molar-refractivity contribution is 0.00512. The number of hydrogen-bond donors (Lipinski definition) is 2. The van der Waals surface area contributed by atoms with E-state index >= 15 is 0 Å². The summed E-state index contributed by atoms with van der Waals surface area (Å²) in [6.07, 6.45) is 4.67. The third kappa shape index (κ3) is 3.18. The third-order valence-corrected chi connectivity index (χ3v) is 4.89. The van der Waals surface area contributed by atoms with Crippen LogP contribution in [0.15, 0.2) is 22.7 Å². The van der Waals surface area contributed by atoms with Crippen molar-refractivity contribution in [3.63, 3.8) is 0 Å². The monoisotopic (exact) mass is 330 g/mol. The summed E-state index contributed by atoms with van der Waals surface area (Å²) in [6, 6.07) is 4.83. The molecule has 1 aromatic carbocycles. The van der Waals surface area contributed by atoms with Gasteiger partial charge in [-0.2, -0.15) is 0 Å². The lowest BCUT2D eigenvalue weighted by Gasteiger charge is -2.36. The Hall–Kier alpha value is -0.450. The first-order valence-electron chi connectivity index (χ1n) is 6.77. The van der Waals surface area contributed by atoms with Gasteiger partial charge in [-0.25, -0.2) is 4.39 Å². The second-order valence-electron chi connectivity index (χ2n) is 5.57. The molecular weight excluding hydrogens is 311 g/mol. The van der Waals surface area contributed by atoms with E-state index in [9.17, 15) is 14.6 Å². The Labute approximate surface area is 121 Å². The molecule has 0 saturated heterocycles. The van der Waals surface area contributed by atoms with Crippen LogP contribution in [0.5, 0.6) is 0 Å². The third-order valence-electron chi connectivity index (χ3n) is 4.40. The van der Waals surface area contributed by atoms with Crippen LogP contribution < -0.4 is 0 Å². The van der Waals surface area contributed by atoms with E-state index < -0.39 is 5.41 Å². The normalized spacial score (nSPS) is 17.1. The minimum atomic E-state index is -0.599. The highest BCUT2D eigenvalue weighted by atomic mass is 79.9. The fraction of sp³-hybridized carbons (Fsp3) is 0.600. The van der Waals surface area contributed by atoms with E-state index in [1.165, 1.54) is 6.07 Å². The van der Waals surface area contributed by atoms with E-state index in [1.54, 1.807) is 12.1 Å². The van der Waals surface area contributed by atoms with Crippen molar-refractivity contribution < 1.29 is 14.6 Å². The molecular formula is C15H20BrFO2. The molecule has 2 rings (SSSR count). The van der Waals surface area contributed by atoms with Crippen LogP contribution >= 0.6 is 15.9 Å². The van der Waals surface area contributed by atoms with E-state index in [-0.39, 0.29) is 24.9 Å². The van der Waals surface area contributed by atoms with Gasteiger partial charge in [0.05, 0.1) is 13.2 Å². The van der Waals surface area contributed by atoms with Crippen LogP contribution in [0.4, 0.5) is 4.39 Å². The Balaban J connectivity index is 2.27. The Morgan fingerprint density at radius 3 is 2.42 bits per heavy atom. The first-order valence-corrected chi connectivity index (χ1v) is 7.56. The first-order chi connectivity index (χ1) is 9.11. The van der Waals surface area contributed by atoms with Crippen LogP contribution in [-0.4, -0.2) is 23.4 Å². The van der Waals surface area contributed by atoms with Gasteiger partial charge in [-0.3, -0.25) is 0 Å². The van der Waals surface area contributed by atoms with Gasteiger partial charge in [0.15, 0.2) is 0 Å². The van der Waals surface area contributed by atoms with E-state index in [0.717, 1.165) is 30.2 Å². The molecule has 0 aromatic heterocycles. The average molecular weight is 331 g/mol. The SMILES string of the molecule is OCC(CO)(Cc1cc(Br)ccc1F)C1CCCC1. The van der Waals surface area contributed by atoms with Crippen LogP contribution in [0.1, 0.15) is 31.2 Å². The maximum atomic E-state index is 13.9. The van der Waals surface area contributed by atoms with Crippen LogP contribution in [0.3, 0.4) is 0 Å². The minimum Gasteiger partial charge on any atom is -0.396 e. The Morgan fingerprint density at radius 2 is 1.84 bits per heavy atom. The molecule has 19 heavy (non-hydrogen) atoms. The fourth-order valence-corrected chi connectivity index (χ4v) is 3.57. The van der Waals surface area contributed by atoms with Crippen molar-refractivity contribution in [1.29, 1.82) is 0 Å². The molecule has 1 aliphatic rings. The summed E-state index contributed by atoms with van der Waals surface area (Å²) < 4.78 is 14.7. The topological polar surface area (TPSA) is 40.5 Å². The van der Waals surface area contributed by atoms with Crippen LogP contribution in [0.2, 0.25) is 0 Å². The number of rotatable bonds is 5. The van der Waals surface area contributed by atoms with Gasteiger partial charge in [0.25, 0.3) is 0 Å². The van der Waals surface area contributed by atoms with Gasteiger partial charge >= 0.3 is 0 Å². The van der Waals surface area contributed by atoms with E-state index in [2.05, 4.69) is 15.9 Å². The zero-order valence-electron chi connectivity index (χ0n) is 10.9. The number of halogens is 2. The Bertz CT molecular complexity index is 426. The summed E-state index contributed by atoms with van der Waals surface area (Å²) in [5, 5.41) is 19.5. The summed E-state index contributed by atoms with van der Waals surface area (Å²) in [7, 11) is 0. The molecule has 0 unspecified atom stereocenters. The first kappa shape index (κ1) is 14.9. The Kier molecular flexibility index (Phi) is 4.98. The van der Waals surface area contributed by atoms with Crippen molar-refractivity contribution in [3.05, 3.63) is 34.1 Å². The molecule has 1 aliphatic carbocycles. The van der Waals surface area contributed by atoms with Crippen LogP contribution in [-0.2, 0) is 6.42 Å². The lowest BCUT2D eigenvalue weighted by Crippen LogP contribution is -2.39. The average Bonchev–Trinajstić information content (AvgIpc) is 2.94. The van der Waals surface area contributed by atoms with Crippen molar-refractivity contribution in [2.45, 2.75) is 32.1 Å². The zero-order valence-corrected chi connectivity index (χ0v) is 12.5. The summed E-state index contributed by atoms with van der Waals surface area (Å²) in [4.78, 5) is 0. The van der Waals surface area contributed by atoms with E-state index in [0.29, 0.717) is 12.0 Å². The van der Waals surface area contributed by atoms with Crippen molar-refractivity contribution >= 4 is 15.9 Å². The van der Waals surface area contributed by atoms with Gasteiger partial charge in [0, 0.05) is 9.89 Å². The van der Waals surface area contributed by atoms with Crippen LogP contribution in [0.25, 0.3) is 0 Å². The van der Waals surface area contributed by atoms with Crippen molar-refractivity contribution in [2.24, 2.45) is 11.3 Å². The predicted molar refractivity (Wildman–Crippen MR) is 76.4 cm³/mol. The summed E-state index contributed by atoms with van der Waals surface area (Å²) in [5.41, 5.74) is -0.0395. The molecule has 2 nitrogen and oxygen atoms in total. The molecule has 106 valence electrons. The molecule has 0 aliphatic heterocycles. The molecule has 0 spiro atoms. The quantitative estimate of drug-likeness (QED) is 0.869. The highest BCUT2D eigenvalue weighted by molar-refractivity contribution is 9.10. The zero-order chi connectivity index (χ0) is 13.9. The molecule has 0 radical (unpaired) electrons. The molecule has 0 amide bonds. The molecule has 1 saturated carbocycles. The predicted octanol–water partition coefficient (Wildman–Crippen LogP) is 3.29. The van der Waals surface area contributed by atoms with Crippen molar-refractivity contribution in [2.75, 3.05) is 13.2 Å². The lowest BCUT2D eigenvalue weighted by atomic mass is 9.71. The molecule has 1 fully saturated rings. The number of hydrogen-bond acceptors (Lipinski definition) is 2. The van der Waals surface area contributed by atoms with E-state index in [1.807, 2.05) is 0 Å². The smallest absolute Gasteiger partial charge is 0.126 e. The highest BCUT2D eigenvalue weighted by Gasteiger charge is 2.39. The van der Waals surface area contributed by atoms with Gasteiger partial charge in [0.1, 0.15) is 5.82 Å². The summed E-state index contributed by atoms with van der Waals surface area (Å²) in [6.45, 7) is -0.194. The molecule has 4 heteroatoms. The number of aliphatic hydroxyl groups is 2. The van der Waals surface area contributed by atoms with Gasteiger partial charge in [-0.15, -0.1) is 0 Å². The minimum absolute atomic E-state index is 0.0971. The second kappa shape index (κ2) is 6.33. The molecule has 1 aromatic rings. The largest absolute Gasteiger partial charge is 0.396 e. The molecule has 0 heterocycles. The van der Waals surface area contributed by atoms with E-state index in [4.69, 9.17) is 0 Å². The fourth-order valence-electron chi connectivity index (χ4n) is 3.16. The van der Waals surface area contributed by atoms with Crippen molar-refractivity contribution in [1.82, 2.24) is 0 Å². The van der Waals surface area contributed by atoms with Crippen LogP contribution in [0, 0.1) is 17.2 Å². The number of benzene rings is 1. The summed E-state index contributed by atoms with van der Waals surface area (Å²) >= 11 is 3.34. The summed E-state index contributed by atoms with van der Waals surface area (Å²) in [5.74, 6) is 0.00773. The van der Waals surface area contributed by atoms with Gasteiger partial charge in [0.2, 0.25) is 0 Å². The molecule has 0 bridgehead atoms. The van der Waals surface area contributed by atoms with Gasteiger partial charge in [-0.05, 0) is 48.9 Å². The standard InChI is InChI=1S/C15H20BrFO2/c16-13-5-6-14(17)11(7-13)8-15(9-18,10-19)12-3-1-2-4-12/h5-7,12,18-19H,1-4,8-10H2. The van der Waals surface area contributed by atoms with Gasteiger partial charge in [-0.1, -0.05) is 28.8 Å². The molecule has 2 N–H and O–H groups in total. The second-order valence-corrected chi connectivity index (χ2v) is 6.49. The van der Waals surface area contributed by atoms with Gasteiger partial charge < -0.3 is 10.2 Å². The number of aliphatic hydroxyl groups excluding tert-OH is 2. The highest BCUT2D eigenvalue weighted by Crippen LogP contribution is 2.42. The maximum absolute atomic E-state index is 13.9. The Morgan fingerprint density at radius 1 is 1.21 bits per heavy atom. The maximum Gasteiger partial charge on any atom is 0.126 e. The molecule has 0 atom stereocenters. The van der Waals surface area contributed by atoms with Crippen molar-refractivity contribution in [3.8, 4) is 0 Å².